The Kier molecular flexibility index (Phi) is 7.06. The average Bonchev–Trinajstić information content (AvgIpc) is 2.49. The summed E-state index contributed by atoms with van der Waals surface area (Å²) in [5, 5.41) is 0.332. The van der Waals surface area contributed by atoms with Gasteiger partial charge in [-0.25, -0.2) is 0 Å². The van der Waals surface area contributed by atoms with Crippen LogP contribution in [0.4, 0.5) is 0 Å². The molecule has 1 aromatic rings. The first kappa shape index (κ1) is 16.8. The molecule has 3 unspecified atom stereocenters. The van der Waals surface area contributed by atoms with Gasteiger partial charge in [0.25, 0.3) is 0 Å². The van der Waals surface area contributed by atoms with Crippen molar-refractivity contribution in [3.63, 3.8) is 0 Å². The molecule has 3 atom stereocenters. The number of halogens is 1. The molecule has 0 bridgehead atoms. The summed E-state index contributed by atoms with van der Waals surface area (Å²) < 4.78 is 5.78. The fraction of sp³-hybridized carbons (Fsp3) is 0.684. The van der Waals surface area contributed by atoms with Gasteiger partial charge >= 0.3 is 0 Å². The van der Waals surface area contributed by atoms with Crippen LogP contribution < -0.4 is 0 Å². The predicted molar refractivity (Wildman–Crippen MR) is 91.1 cm³/mol. The quantitative estimate of drug-likeness (QED) is 0.468. The van der Waals surface area contributed by atoms with Crippen LogP contribution in [0.1, 0.15) is 57.4 Å². The normalized spacial score (nSPS) is 26.2. The second kappa shape index (κ2) is 8.80. The molecule has 0 radical (unpaired) electrons. The highest BCUT2D eigenvalue weighted by Gasteiger charge is 2.29. The molecular weight excluding hydrogens is 280 g/mol. The van der Waals surface area contributed by atoms with Crippen LogP contribution in [0, 0.1) is 11.8 Å². The van der Waals surface area contributed by atoms with Gasteiger partial charge in [-0.15, -0.1) is 11.6 Å². The minimum Gasteiger partial charge on any atom is -0.381 e. The van der Waals surface area contributed by atoms with Crippen LogP contribution in [0.2, 0.25) is 0 Å². The molecule has 1 aromatic carbocycles. The Hall–Kier alpha value is -0.530. The van der Waals surface area contributed by atoms with E-state index in [0.29, 0.717) is 17.2 Å². The van der Waals surface area contributed by atoms with Crippen molar-refractivity contribution in [2.45, 2.75) is 57.2 Å². The van der Waals surface area contributed by atoms with Gasteiger partial charge in [-0.2, -0.15) is 0 Å². The van der Waals surface area contributed by atoms with E-state index in [1.165, 1.54) is 18.4 Å². The lowest BCUT2D eigenvalue weighted by Gasteiger charge is -2.33. The minimum absolute atomic E-state index is 0.332. The van der Waals surface area contributed by atoms with Crippen molar-refractivity contribution in [1.29, 1.82) is 0 Å². The lowest BCUT2D eigenvalue weighted by molar-refractivity contribution is 0.104. The minimum atomic E-state index is 0.332. The molecule has 1 aliphatic carbocycles. The van der Waals surface area contributed by atoms with Crippen molar-refractivity contribution >= 4 is 11.6 Å². The third-order valence-electron chi connectivity index (χ3n) is 4.63. The Bertz CT molecular complexity index is 390. The monoisotopic (exact) mass is 308 g/mol. The fourth-order valence-electron chi connectivity index (χ4n) is 3.21. The van der Waals surface area contributed by atoms with Gasteiger partial charge in [-0.05, 0) is 55.4 Å². The summed E-state index contributed by atoms with van der Waals surface area (Å²) in [5.74, 6) is 2.01. The zero-order valence-electron chi connectivity index (χ0n) is 13.4. The van der Waals surface area contributed by atoms with Crippen LogP contribution >= 0.6 is 11.6 Å². The first-order valence-corrected chi connectivity index (χ1v) is 8.87. The molecule has 0 spiro atoms. The van der Waals surface area contributed by atoms with Crippen LogP contribution in [-0.2, 0) is 4.74 Å². The third-order valence-corrected chi connectivity index (χ3v) is 5.21. The van der Waals surface area contributed by atoms with Crippen LogP contribution in [0.3, 0.4) is 0 Å². The summed E-state index contributed by atoms with van der Waals surface area (Å²) in [6.07, 6.45) is 5.84. The Labute approximate surface area is 135 Å². The molecule has 1 aliphatic rings. The average molecular weight is 309 g/mol. The van der Waals surface area contributed by atoms with E-state index in [9.17, 15) is 0 Å². The topological polar surface area (TPSA) is 9.23 Å². The van der Waals surface area contributed by atoms with Crippen molar-refractivity contribution in [2.75, 3.05) is 13.2 Å². The van der Waals surface area contributed by atoms with E-state index in [2.05, 4.69) is 44.2 Å². The first-order valence-electron chi connectivity index (χ1n) is 8.43. The molecule has 1 saturated carbocycles. The molecule has 0 amide bonds. The number of hydrogen-bond acceptors (Lipinski definition) is 1. The number of rotatable bonds is 7. The second-order valence-electron chi connectivity index (χ2n) is 6.78. The molecule has 118 valence electrons. The molecule has 2 rings (SSSR count). The highest BCUT2D eigenvalue weighted by molar-refractivity contribution is 6.20. The maximum absolute atomic E-state index is 6.54. The van der Waals surface area contributed by atoms with E-state index in [-0.39, 0.29) is 0 Å². The second-order valence-corrected chi connectivity index (χ2v) is 7.34. The van der Waals surface area contributed by atoms with Gasteiger partial charge in [0.2, 0.25) is 0 Å². The van der Waals surface area contributed by atoms with Crippen molar-refractivity contribution in [1.82, 2.24) is 0 Å². The molecule has 2 heteroatoms. The summed E-state index contributed by atoms with van der Waals surface area (Å²) in [6.45, 7) is 6.23. The number of benzene rings is 1. The summed E-state index contributed by atoms with van der Waals surface area (Å²) >= 11 is 6.54. The van der Waals surface area contributed by atoms with Gasteiger partial charge in [0.1, 0.15) is 0 Å². The van der Waals surface area contributed by atoms with Crippen molar-refractivity contribution in [2.24, 2.45) is 11.8 Å². The van der Waals surface area contributed by atoms with Crippen molar-refractivity contribution in [3.05, 3.63) is 35.9 Å². The maximum atomic E-state index is 6.54. The largest absolute Gasteiger partial charge is 0.381 e. The van der Waals surface area contributed by atoms with E-state index in [1.807, 2.05) is 0 Å². The molecule has 0 heterocycles. The number of alkyl halides is 1. The summed E-state index contributed by atoms with van der Waals surface area (Å²) in [4.78, 5) is 0. The molecule has 0 aromatic heterocycles. The van der Waals surface area contributed by atoms with E-state index in [0.717, 1.165) is 38.4 Å². The zero-order chi connectivity index (χ0) is 15.1. The first-order chi connectivity index (χ1) is 10.2. The van der Waals surface area contributed by atoms with E-state index < -0.39 is 0 Å². The molecule has 21 heavy (non-hydrogen) atoms. The Morgan fingerprint density at radius 2 is 1.90 bits per heavy atom. The summed E-state index contributed by atoms with van der Waals surface area (Å²) in [5.41, 5.74) is 1.48. The molecule has 0 saturated heterocycles. The van der Waals surface area contributed by atoms with Gasteiger partial charge < -0.3 is 4.74 Å². The third kappa shape index (κ3) is 5.64. The highest BCUT2D eigenvalue weighted by atomic mass is 35.5. The van der Waals surface area contributed by atoms with E-state index >= 15 is 0 Å². The molecule has 0 aliphatic heterocycles. The van der Waals surface area contributed by atoms with Crippen LogP contribution in [0.25, 0.3) is 0 Å². The molecule has 0 N–H and O–H groups in total. The van der Waals surface area contributed by atoms with Crippen molar-refractivity contribution < 1.29 is 4.74 Å². The summed E-state index contributed by atoms with van der Waals surface area (Å²) in [7, 11) is 0. The zero-order valence-corrected chi connectivity index (χ0v) is 14.2. The lowest BCUT2D eigenvalue weighted by Crippen LogP contribution is -2.25. The lowest BCUT2D eigenvalue weighted by atomic mass is 9.76. The van der Waals surface area contributed by atoms with Gasteiger partial charge in [0.05, 0.1) is 0 Å². The maximum Gasteiger partial charge on any atom is 0.0469 e. The Balaban J connectivity index is 1.76. The smallest absolute Gasteiger partial charge is 0.0469 e. The Morgan fingerprint density at radius 1 is 1.14 bits per heavy atom. The SMILES string of the molecule is CC(C)CCOCCC1CC(c2ccccc2)CCC1Cl. The summed E-state index contributed by atoms with van der Waals surface area (Å²) in [6, 6.07) is 10.9. The van der Waals surface area contributed by atoms with Crippen LogP contribution in [0.15, 0.2) is 30.3 Å². The van der Waals surface area contributed by atoms with Gasteiger partial charge in [-0.3, -0.25) is 0 Å². The van der Waals surface area contributed by atoms with Gasteiger partial charge in [0, 0.05) is 18.6 Å². The van der Waals surface area contributed by atoms with Gasteiger partial charge in [0.15, 0.2) is 0 Å². The molecule has 1 fully saturated rings. The fourth-order valence-corrected chi connectivity index (χ4v) is 3.56. The molecular formula is C19H29ClO. The van der Waals surface area contributed by atoms with Crippen molar-refractivity contribution in [3.8, 4) is 0 Å². The van der Waals surface area contributed by atoms with E-state index in [1.54, 1.807) is 0 Å². The number of hydrogen-bond donors (Lipinski definition) is 0. The standard InChI is InChI=1S/C19H29ClO/c1-15(2)10-12-21-13-11-18-14-17(8-9-19(18)20)16-6-4-3-5-7-16/h3-7,15,17-19H,8-14H2,1-2H3. The number of ether oxygens (including phenoxy) is 1. The van der Waals surface area contributed by atoms with Crippen LogP contribution in [-0.4, -0.2) is 18.6 Å². The highest BCUT2D eigenvalue weighted by Crippen LogP contribution is 2.40. The van der Waals surface area contributed by atoms with Crippen LogP contribution in [0.5, 0.6) is 0 Å². The van der Waals surface area contributed by atoms with Gasteiger partial charge in [-0.1, -0.05) is 44.2 Å². The predicted octanol–water partition coefficient (Wildman–Crippen LogP) is 5.63. The molecule has 1 nitrogen and oxygen atoms in total. The van der Waals surface area contributed by atoms with E-state index in [4.69, 9.17) is 16.3 Å². The Morgan fingerprint density at radius 3 is 2.62 bits per heavy atom.